The predicted molar refractivity (Wildman–Crippen MR) is 86.2 cm³/mol. The van der Waals surface area contributed by atoms with E-state index in [4.69, 9.17) is 16.3 Å². The lowest BCUT2D eigenvalue weighted by atomic mass is 10.0. The van der Waals surface area contributed by atoms with Crippen LogP contribution in [0.15, 0.2) is 41.3 Å². The summed E-state index contributed by atoms with van der Waals surface area (Å²) in [6.07, 6.45) is 1.20. The van der Waals surface area contributed by atoms with Crippen LogP contribution < -0.4 is 4.74 Å². The second-order valence-electron chi connectivity index (χ2n) is 5.18. The van der Waals surface area contributed by atoms with Crippen molar-refractivity contribution < 1.29 is 4.74 Å². The molecule has 104 valence electrons. The van der Waals surface area contributed by atoms with Gasteiger partial charge >= 0.3 is 0 Å². The van der Waals surface area contributed by atoms with Crippen LogP contribution in [0.2, 0.25) is 5.02 Å². The van der Waals surface area contributed by atoms with Gasteiger partial charge in [0.25, 0.3) is 0 Å². The van der Waals surface area contributed by atoms with Gasteiger partial charge in [-0.1, -0.05) is 29.8 Å². The molecule has 20 heavy (non-hydrogen) atoms. The molecule has 0 amide bonds. The van der Waals surface area contributed by atoms with Crippen LogP contribution in [0.4, 0.5) is 0 Å². The Labute approximate surface area is 129 Å². The maximum absolute atomic E-state index is 6.32. The summed E-state index contributed by atoms with van der Waals surface area (Å²) in [6.45, 7) is 4.12. The van der Waals surface area contributed by atoms with Crippen molar-refractivity contribution in [1.29, 1.82) is 0 Å². The molecular weight excluding hydrogens is 288 g/mol. The van der Waals surface area contributed by atoms with E-state index in [1.54, 1.807) is 0 Å². The van der Waals surface area contributed by atoms with Crippen molar-refractivity contribution in [1.82, 2.24) is 0 Å². The molecule has 1 nitrogen and oxygen atoms in total. The molecule has 3 heteroatoms. The fourth-order valence-electron chi connectivity index (χ4n) is 2.57. The van der Waals surface area contributed by atoms with E-state index in [9.17, 15) is 0 Å². The van der Waals surface area contributed by atoms with E-state index >= 15 is 0 Å². The standard InChI is InChI=1S/C17H17ClOS/c1-11-8-16-15(12(2)17(11)18)9-13(19-16)10-20-14-6-4-3-5-7-14/h3-8,13H,9-10H2,1-2H3. The minimum absolute atomic E-state index is 0.242. The van der Waals surface area contributed by atoms with Crippen molar-refractivity contribution in [2.24, 2.45) is 0 Å². The minimum Gasteiger partial charge on any atom is -0.489 e. The van der Waals surface area contributed by atoms with Gasteiger partial charge in [0.15, 0.2) is 0 Å². The summed E-state index contributed by atoms with van der Waals surface area (Å²) in [4.78, 5) is 1.29. The third-order valence-corrected chi connectivity index (χ3v) is 5.40. The number of ether oxygens (including phenoxy) is 1. The van der Waals surface area contributed by atoms with E-state index in [1.807, 2.05) is 24.8 Å². The first kappa shape index (κ1) is 13.8. The van der Waals surface area contributed by atoms with Crippen molar-refractivity contribution in [3.05, 3.63) is 58.1 Å². The quantitative estimate of drug-likeness (QED) is 0.734. The number of benzene rings is 2. The smallest absolute Gasteiger partial charge is 0.123 e. The molecule has 0 saturated carbocycles. The van der Waals surface area contributed by atoms with Crippen molar-refractivity contribution >= 4 is 23.4 Å². The summed E-state index contributed by atoms with van der Waals surface area (Å²) < 4.78 is 6.07. The number of aryl methyl sites for hydroxylation is 1. The van der Waals surface area contributed by atoms with Gasteiger partial charge in [0.2, 0.25) is 0 Å². The summed E-state index contributed by atoms with van der Waals surface area (Å²) in [5, 5.41) is 0.878. The first-order chi connectivity index (χ1) is 9.65. The number of hydrogen-bond donors (Lipinski definition) is 0. The fourth-order valence-corrected chi connectivity index (χ4v) is 3.65. The normalized spacial score (nSPS) is 16.9. The maximum atomic E-state index is 6.32. The second-order valence-corrected chi connectivity index (χ2v) is 6.65. The van der Waals surface area contributed by atoms with Gasteiger partial charge < -0.3 is 4.74 Å². The van der Waals surface area contributed by atoms with Gasteiger partial charge in [-0.05, 0) is 43.2 Å². The van der Waals surface area contributed by atoms with Gasteiger partial charge in [-0.15, -0.1) is 11.8 Å². The summed E-state index contributed by atoms with van der Waals surface area (Å²) in [5.74, 6) is 1.98. The average molecular weight is 305 g/mol. The Morgan fingerprint density at radius 3 is 2.75 bits per heavy atom. The lowest BCUT2D eigenvalue weighted by Crippen LogP contribution is -2.15. The van der Waals surface area contributed by atoms with Crippen LogP contribution in [0.1, 0.15) is 16.7 Å². The zero-order valence-corrected chi connectivity index (χ0v) is 13.2. The lowest BCUT2D eigenvalue weighted by molar-refractivity contribution is 0.259. The van der Waals surface area contributed by atoms with Crippen molar-refractivity contribution in [3.8, 4) is 5.75 Å². The van der Waals surface area contributed by atoms with E-state index in [0.29, 0.717) is 0 Å². The Hall–Kier alpha value is -1.12. The minimum atomic E-state index is 0.242. The van der Waals surface area contributed by atoms with E-state index in [1.165, 1.54) is 16.0 Å². The first-order valence-corrected chi connectivity index (χ1v) is 8.14. The van der Waals surface area contributed by atoms with Crippen molar-refractivity contribution in [2.75, 3.05) is 5.75 Å². The van der Waals surface area contributed by atoms with Crippen molar-refractivity contribution in [3.63, 3.8) is 0 Å². The number of thioether (sulfide) groups is 1. The molecule has 0 bridgehead atoms. The van der Waals surface area contributed by atoms with Crippen LogP contribution in [0.5, 0.6) is 5.75 Å². The third-order valence-electron chi connectivity index (χ3n) is 3.68. The SMILES string of the molecule is Cc1cc2c(c(C)c1Cl)CC(CSc1ccccc1)O2. The Morgan fingerprint density at radius 1 is 1.25 bits per heavy atom. The zero-order chi connectivity index (χ0) is 14.1. The van der Waals surface area contributed by atoms with E-state index in [0.717, 1.165) is 28.5 Å². The molecule has 1 heterocycles. The Kier molecular flexibility index (Phi) is 3.95. The Bertz CT molecular complexity index is 625. The molecular formula is C17H17ClOS. The van der Waals surface area contributed by atoms with Crippen LogP contribution in [0.25, 0.3) is 0 Å². The van der Waals surface area contributed by atoms with E-state index in [-0.39, 0.29) is 6.10 Å². The maximum Gasteiger partial charge on any atom is 0.123 e. The van der Waals surface area contributed by atoms with E-state index in [2.05, 4.69) is 37.3 Å². The topological polar surface area (TPSA) is 9.23 Å². The number of hydrogen-bond acceptors (Lipinski definition) is 2. The molecule has 2 aromatic rings. The molecule has 0 fully saturated rings. The zero-order valence-electron chi connectivity index (χ0n) is 11.7. The lowest BCUT2D eigenvalue weighted by Gasteiger charge is -2.10. The molecule has 1 aliphatic rings. The van der Waals surface area contributed by atoms with Gasteiger partial charge in [0.1, 0.15) is 11.9 Å². The molecule has 3 rings (SSSR count). The molecule has 0 saturated heterocycles. The number of halogens is 1. The molecule has 0 radical (unpaired) electrons. The van der Waals surface area contributed by atoms with Crippen LogP contribution in [0, 0.1) is 13.8 Å². The van der Waals surface area contributed by atoms with Crippen LogP contribution in [-0.2, 0) is 6.42 Å². The van der Waals surface area contributed by atoms with Crippen LogP contribution in [0.3, 0.4) is 0 Å². The summed E-state index contributed by atoms with van der Waals surface area (Å²) >= 11 is 8.17. The highest BCUT2D eigenvalue weighted by atomic mass is 35.5. The third kappa shape index (κ3) is 2.68. The molecule has 2 aromatic carbocycles. The van der Waals surface area contributed by atoms with Gasteiger partial charge in [-0.3, -0.25) is 0 Å². The summed E-state index contributed by atoms with van der Waals surface area (Å²) in [5.41, 5.74) is 3.55. The molecule has 0 N–H and O–H groups in total. The second kappa shape index (κ2) is 5.71. The Morgan fingerprint density at radius 2 is 2.00 bits per heavy atom. The highest BCUT2D eigenvalue weighted by molar-refractivity contribution is 7.99. The highest BCUT2D eigenvalue weighted by Gasteiger charge is 2.26. The summed E-state index contributed by atoms with van der Waals surface area (Å²) in [7, 11) is 0. The molecule has 1 atom stereocenters. The van der Waals surface area contributed by atoms with Gasteiger partial charge in [0, 0.05) is 27.7 Å². The largest absolute Gasteiger partial charge is 0.489 e. The molecule has 0 spiro atoms. The first-order valence-electron chi connectivity index (χ1n) is 6.78. The summed E-state index contributed by atoms with van der Waals surface area (Å²) in [6, 6.07) is 12.5. The van der Waals surface area contributed by atoms with E-state index < -0.39 is 0 Å². The van der Waals surface area contributed by atoms with Gasteiger partial charge in [-0.2, -0.15) is 0 Å². The number of fused-ring (bicyclic) bond motifs is 1. The Balaban J connectivity index is 1.70. The number of rotatable bonds is 3. The highest BCUT2D eigenvalue weighted by Crippen LogP contribution is 2.38. The fraction of sp³-hybridized carbons (Fsp3) is 0.294. The van der Waals surface area contributed by atoms with Gasteiger partial charge in [0.05, 0.1) is 0 Å². The van der Waals surface area contributed by atoms with Crippen LogP contribution in [-0.4, -0.2) is 11.9 Å². The average Bonchev–Trinajstić information content (AvgIpc) is 2.87. The molecule has 1 unspecified atom stereocenters. The molecule has 1 aliphatic heterocycles. The monoisotopic (exact) mass is 304 g/mol. The molecule has 0 aliphatic carbocycles. The van der Waals surface area contributed by atoms with Crippen LogP contribution >= 0.6 is 23.4 Å². The van der Waals surface area contributed by atoms with Gasteiger partial charge in [-0.25, -0.2) is 0 Å². The predicted octanol–water partition coefficient (Wildman–Crippen LogP) is 5.05. The molecule has 0 aromatic heterocycles. The van der Waals surface area contributed by atoms with Crippen molar-refractivity contribution in [2.45, 2.75) is 31.3 Å².